The molecule has 7 heteroatoms. The molecule has 1 atom stereocenters. The predicted molar refractivity (Wildman–Crippen MR) is 109 cm³/mol. The molecule has 1 aromatic carbocycles. The molecule has 3 heterocycles. The summed E-state index contributed by atoms with van der Waals surface area (Å²) in [6.07, 6.45) is 4.67. The average molecular weight is 365 g/mol. The average Bonchev–Trinajstić information content (AvgIpc) is 3.17. The van der Waals surface area contributed by atoms with Gasteiger partial charge >= 0.3 is 0 Å². The number of rotatable bonds is 4. The zero-order chi connectivity index (χ0) is 18.6. The van der Waals surface area contributed by atoms with Crippen LogP contribution in [0.3, 0.4) is 0 Å². The summed E-state index contributed by atoms with van der Waals surface area (Å²) in [4.78, 5) is 20.1. The largest absolute Gasteiger partial charge is 0.370 e. The molecule has 4 rings (SSSR count). The van der Waals surface area contributed by atoms with Crippen LogP contribution in [0.1, 0.15) is 12.5 Å². The van der Waals surface area contributed by atoms with Gasteiger partial charge in [0.2, 0.25) is 5.95 Å². The van der Waals surface area contributed by atoms with Crippen molar-refractivity contribution in [1.29, 1.82) is 0 Å². The highest BCUT2D eigenvalue weighted by atomic mass is 15.4. The molecule has 0 spiro atoms. The number of hydrogen-bond acceptors (Lipinski definition) is 5. The highest BCUT2D eigenvalue weighted by Crippen LogP contribution is 2.29. The first-order valence-electron chi connectivity index (χ1n) is 9.64. The lowest BCUT2D eigenvalue weighted by atomic mass is 10.2. The minimum atomic E-state index is 0.339. The third-order valence-corrected chi connectivity index (χ3v) is 5.41. The summed E-state index contributed by atoms with van der Waals surface area (Å²) in [6.45, 7) is 7.39. The lowest BCUT2D eigenvalue weighted by Gasteiger charge is -2.35. The van der Waals surface area contributed by atoms with Gasteiger partial charge in [0.15, 0.2) is 5.96 Å². The lowest BCUT2D eigenvalue weighted by molar-refractivity contribution is 0.377. The highest BCUT2D eigenvalue weighted by molar-refractivity contribution is 5.78. The van der Waals surface area contributed by atoms with Crippen molar-refractivity contribution >= 4 is 17.6 Å². The molecule has 1 aromatic heterocycles. The van der Waals surface area contributed by atoms with Crippen molar-refractivity contribution in [1.82, 2.24) is 14.9 Å². The predicted octanol–water partition coefficient (Wildman–Crippen LogP) is 1.36. The summed E-state index contributed by atoms with van der Waals surface area (Å²) in [7, 11) is 0. The van der Waals surface area contributed by atoms with E-state index in [0.717, 1.165) is 45.1 Å². The number of aromatic nitrogens is 2. The maximum atomic E-state index is 6.28. The van der Waals surface area contributed by atoms with Crippen LogP contribution < -0.4 is 15.5 Å². The topological polar surface area (TPSA) is 73.9 Å². The second kappa shape index (κ2) is 7.82. The van der Waals surface area contributed by atoms with Crippen molar-refractivity contribution in [2.75, 3.05) is 49.1 Å². The molecule has 1 fully saturated rings. The van der Waals surface area contributed by atoms with Gasteiger partial charge in [-0.25, -0.2) is 9.97 Å². The van der Waals surface area contributed by atoms with Gasteiger partial charge in [-0.15, -0.1) is 0 Å². The van der Waals surface area contributed by atoms with Crippen molar-refractivity contribution in [2.45, 2.75) is 19.4 Å². The van der Waals surface area contributed by atoms with E-state index in [1.807, 2.05) is 6.07 Å². The van der Waals surface area contributed by atoms with Crippen molar-refractivity contribution < 1.29 is 0 Å². The van der Waals surface area contributed by atoms with Crippen LogP contribution in [0.5, 0.6) is 0 Å². The van der Waals surface area contributed by atoms with Crippen LogP contribution in [0.2, 0.25) is 0 Å². The van der Waals surface area contributed by atoms with E-state index in [4.69, 9.17) is 10.7 Å². The number of anilines is 2. The molecule has 2 N–H and O–H groups in total. The maximum absolute atomic E-state index is 6.28. The first-order valence-corrected chi connectivity index (χ1v) is 9.64. The van der Waals surface area contributed by atoms with Crippen LogP contribution >= 0.6 is 0 Å². The van der Waals surface area contributed by atoms with E-state index in [0.29, 0.717) is 18.5 Å². The third-order valence-electron chi connectivity index (χ3n) is 5.41. The van der Waals surface area contributed by atoms with Gasteiger partial charge in [0, 0.05) is 56.8 Å². The van der Waals surface area contributed by atoms with E-state index in [1.54, 1.807) is 12.4 Å². The van der Waals surface area contributed by atoms with E-state index in [-0.39, 0.29) is 0 Å². The normalized spacial score (nSPS) is 18.6. The molecular weight excluding hydrogens is 338 g/mol. The fourth-order valence-electron chi connectivity index (χ4n) is 3.84. The summed E-state index contributed by atoms with van der Waals surface area (Å²) in [5.41, 5.74) is 9.06. The number of para-hydroxylation sites is 1. The van der Waals surface area contributed by atoms with E-state index in [2.05, 4.69) is 55.9 Å². The monoisotopic (exact) mass is 365 g/mol. The summed E-state index contributed by atoms with van der Waals surface area (Å²) in [5.74, 6) is 1.43. The molecule has 7 nitrogen and oxygen atoms in total. The molecule has 1 saturated heterocycles. The molecule has 0 amide bonds. The Hall–Kier alpha value is -2.83. The third kappa shape index (κ3) is 3.82. The zero-order valence-electron chi connectivity index (χ0n) is 15.8. The van der Waals surface area contributed by atoms with Crippen LogP contribution in [0.25, 0.3) is 0 Å². The van der Waals surface area contributed by atoms with Crippen LogP contribution in [-0.2, 0) is 6.42 Å². The smallest absolute Gasteiger partial charge is 0.225 e. The Morgan fingerprint density at radius 3 is 2.59 bits per heavy atom. The van der Waals surface area contributed by atoms with Crippen LogP contribution in [0.15, 0.2) is 47.7 Å². The standard InChI is InChI=1S/C20H27N7/c1-16(27-10-7-17-5-2-3-6-18(17)27)15-24-19(21)25-11-13-26(14-12-25)20-22-8-4-9-23-20/h2-6,8-9,16H,7,10-15H2,1H3,(H2,21,24). The quantitative estimate of drug-likeness (QED) is 0.652. The zero-order valence-corrected chi connectivity index (χ0v) is 15.8. The SMILES string of the molecule is CC(CN=C(N)N1CCN(c2ncccn2)CC1)N1CCc2ccccc21. The molecule has 0 bridgehead atoms. The maximum Gasteiger partial charge on any atom is 0.225 e. The number of nitrogens with two attached hydrogens (primary N) is 1. The Labute approximate surface area is 160 Å². The number of fused-ring (bicyclic) bond motifs is 1. The second-order valence-electron chi connectivity index (χ2n) is 7.14. The lowest BCUT2D eigenvalue weighted by Crippen LogP contribution is -2.51. The molecule has 27 heavy (non-hydrogen) atoms. The molecule has 1 unspecified atom stereocenters. The molecular formula is C20H27N7. The minimum Gasteiger partial charge on any atom is -0.370 e. The van der Waals surface area contributed by atoms with Gasteiger partial charge in [-0.1, -0.05) is 18.2 Å². The fraction of sp³-hybridized carbons (Fsp3) is 0.450. The highest BCUT2D eigenvalue weighted by Gasteiger charge is 2.23. The van der Waals surface area contributed by atoms with Gasteiger partial charge in [-0.3, -0.25) is 4.99 Å². The van der Waals surface area contributed by atoms with E-state index >= 15 is 0 Å². The number of aliphatic imine (C=N–C) groups is 1. The molecule has 142 valence electrons. The van der Waals surface area contributed by atoms with E-state index in [1.165, 1.54) is 11.3 Å². The van der Waals surface area contributed by atoms with Gasteiger partial charge < -0.3 is 20.4 Å². The van der Waals surface area contributed by atoms with E-state index in [9.17, 15) is 0 Å². The molecule has 0 radical (unpaired) electrons. The molecule has 2 aliphatic heterocycles. The van der Waals surface area contributed by atoms with Gasteiger partial charge in [-0.05, 0) is 31.0 Å². The fourth-order valence-corrected chi connectivity index (χ4v) is 3.84. The number of piperazine rings is 1. The summed E-state index contributed by atoms with van der Waals surface area (Å²) in [5, 5.41) is 0. The number of guanidine groups is 1. The second-order valence-corrected chi connectivity index (χ2v) is 7.14. The Balaban J connectivity index is 1.31. The number of benzene rings is 1. The van der Waals surface area contributed by atoms with Gasteiger partial charge in [-0.2, -0.15) is 0 Å². The number of hydrogen-bond donors (Lipinski definition) is 1. The number of nitrogens with zero attached hydrogens (tertiary/aromatic N) is 6. The van der Waals surface area contributed by atoms with E-state index < -0.39 is 0 Å². The van der Waals surface area contributed by atoms with Crippen LogP contribution in [0, 0.1) is 0 Å². The molecule has 2 aromatic rings. The molecule has 0 aliphatic carbocycles. The minimum absolute atomic E-state index is 0.339. The Bertz CT molecular complexity index is 784. The van der Waals surface area contributed by atoms with Crippen LogP contribution in [0.4, 0.5) is 11.6 Å². The Morgan fingerprint density at radius 1 is 1.07 bits per heavy atom. The first-order chi connectivity index (χ1) is 13.2. The summed E-state index contributed by atoms with van der Waals surface area (Å²) in [6, 6.07) is 10.8. The first kappa shape index (κ1) is 17.6. The van der Waals surface area contributed by atoms with Crippen LogP contribution in [-0.4, -0.2) is 66.1 Å². The molecule has 2 aliphatic rings. The summed E-state index contributed by atoms with van der Waals surface area (Å²) >= 11 is 0. The van der Waals surface area contributed by atoms with Crippen molar-refractivity contribution in [3.05, 3.63) is 48.3 Å². The Morgan fingerprint density at radius 2 is 1.81 bits per heavy atom. The summed E-state index contributed by atoms with van der Waals surface area (Å²) < 4.78 is 0. The Kier molecular flexibility index (Phi) is 5.09. The van der Waals surface area contributed by atoms with Gasteiger partial charge in [0.1, 0.15) is 0 Å². The van der Waals surface area contributed by atoms with Gasteiger partial charge in [0.25, 0.3) is 0 Å². The van der Waals surface area contributed by atoms with Gasteiger partial charge in [0.05, 0.1) is 6.54 Å². The van der Waals surface area contributed by atoms with Crippen molar-refractivity contribution in [3.63, 3.8) is 0 Å². The van der Waals surface area contributed by atoms with Crippen molar-refractivity contribution in [2.24, 2.45) is 10.7 Å². The molecule has 0 saturated carbocycles. The van der Waals surface area contributed by atoms with Crippen molar-refractivity contribution in [3.8, 4) is 0 Å².